The minimum Gasteiger partial charge on any atom is -0.316 e. The molecule has 0 unspecified atom stereocenters. The highest BCUT2D eigenvalue weighted by Crippen LogP contribution is 2.28. The van der Waals surface area contributed by atoms with E-state index in [1.807, 2.05) is 0 Å². The molecule has 2 heteroatoms. The van der Waals surface area contributed by atoms with Crippen LogP contribution in [-0.2, 0) is 0 Å². The number of hydrogen-bond acceptors (Lipinski definition) is 2. The zero-order chi connectivity index (χ0) is 7.23. The Morgan fingerprint density at radius 3 is 2.60 bits per heavy atom. The Kier molecular flexibility index (Phi) is 4.23. The highest BCUT2D eigenvalue weighted by atomic mass is 32.1. The maximum atomic E-state index is 4.12. The van der Waals surface area contributed by atoms with Gasteiger partial charge in [-0.3, -0.25) is 0 Å². The number of nitrogens with one attached hydrogen (secondary N) is 1. The van der Waals surface area contributed by atoms with E-state index < -0.39 is 0 Å². The molecule has 0 aromatic rings. The predicted octanol–water partition coefficient (Wildman–Crippen LogP) is 1.70. The van der Waals surface area contributed by atoms with Crippen LogP contribution in [0.2, 0.25) is 0 Å². The van der Waals surface area contributed by atoms with E-state index in [9.17, 15) is 0 Å². The zero-order valence-electron chi connectivity index (χ0n) is 6.47. The van der Waals surface area contributed by atoms with Crippen molar-refractivity contribution >= 4 is 12.6 Å². The van der Waals surface area contributed by atoms with Crippen LogP contribution in [0.5, 0.6) is 0 Å². The molecule has 1 saturated carbocycles. The lowest BCUT2D eigenvalue weighted by Gasteiger charge is -2.25. The lowest BCUT2D eigenvalue weighted by Crippen LogP contribution is -2.22. The van der Waals surface area contributed by atoms with Gasteiger partial charge >= 0.3 is 0 Å². The first-order valence-corrected chi connectivity index (χ1v) is 4.88. The zero-order valence-corrected chi connectivity index (χ0v) is 7.37. The molecule has 0 atom stereocenters. The number of rotatable bonds is 5. The first kappa shape index (κ1) is 8.41. The molecule has 60 valence electrons. The minimum atomic E-state index is 0.963. The number of thiol groups is 1. The fourth-order valence-electron chi connectivity index (χ4n) is 1.29. The molecule has 1 rings (SSSR count). The van der Waals surface area contributed by atoms with Gasteiger partial charge in [-0.1, -0.05) is 19.3 Å². The monoisotopic (exact) mass is 159 g/mol. The van der Waals surface area contributed by atoms with Crippen LogP contribution in [0.25, 0.3) is 0 Å². The van der Waals surface area contributed by atoms with Crippen molar-refractivity contribution in [2.24, 2.45) is 5.92 Å². The molecule has 0 aromatic heterocycles. The molecule has 1 fully saturated rings. The van der Waals surface area contributed by atoms with Gasteiger partial charge < -0.3 is 5.32 Å². The Labute approximate surface area is 69.0 Å². The summed E-state index contributed by atoms with van der Waals surface area (Å²) in [5.41, 5.74) is 0. The van der Waals surface area contributed by atoms with Gasteiger partial charge in [-0.2, -0.15) is 12.6 Å². The third kappa shape index (κ3) is 2.93. The van der Waals surface area contributed by atoms with Crippen molar-refractivity contribution in [3.05, 3.63) is 0 Å². The van der Waals surface area contributed by atoms with Gasteiger partial charge in [0.05, 0.1) is 0 Å². The molecule has 0 saturated heterocycles. The van der Waals surface area contributed by atoms with Crippen LogP contribution in [0.1, 0.15) is 25.7 Å². The van der Waals surface area contributed by atoms with Crippen LogP contribution in [-0.4, -0.2) is 18.8 Å². The van der Waals surface area contributed by atoms with E-state index >= 15 is 0 Å². The highest BCUT2D eigenvalue weighted by Gasteiger charge is 2.15. The normalized spacial score (nSPS) is 18.9. The molecule has 0 heterocycles. The summed E-state index contributed by atoms with van der Waals surface area (Å²) in [7, 11) is 0. The van der Waals surface area contributed by atoms with E-state index in [1.54, 1.807) is 0 Å². The predicted molar refractivity (Wildman–Crippen MR) is 48.7 cm³/mol. The van der Waals surface area contributed by atoms with E-state index in [1.165, 1.54) is 32.2 Å². The highest BCUT2D eigenvalue weighted by molar-refractivity contribution is 7.80. The molecule has 0 aliphatic heterocycles. The van der Waals surface area contributed by atoms with Gasteiger partial charge in [0.25, 0.3) is 0 Å². The van der Waals surface area contributed by atoms with Crippen molar-refractivity contribution in [1.82, 2.24) is 5.32 Å². The second-order valence-electron chi connectivity index (χ2n) is 3.06. The molecule has 1 nitrogen and oxygen atoms in total. The molecule has 1 N–H and O–H groups in total. The Morgan fingerprint density at radius 2 is 2.10 bits per heavy atom. The van der Waals surface area contributed by atoms with Crippen molar-refractivity contribution in [1.29, 1.82) is 0 Å². The van der Waals surface area contributed by atoms with E-state index in [2.05, 4.69) is 17.9 Å². The lowest BCUT2D eigenvalue weighted by atomic mass is 9.83. The summed E-state index contributed by atoms with van der Waals surface area (Å²) in [6, 6.07) is 0. The fourth-order valence-corrected chi connectivity index (χ4v) is 1.45. The van der Waals surface area contributed by atoms with Gasteiger partial charge in [-0.15, -0.1) is 0 Å². The first-order chi connectivity index (χ1) is 4.93. The average Bonchev–Trinajstić information content (AvgIpc) is 1.84. The van der Waals surface area contributed by atoms with Crippen molar-refractivity contribution in [3.8, 4) is 0 Å². The Morgan fingerprint density at radius 1 is 1.30 bits per heavy atom. The standard InChI is InChI=1S/C8H17NS/c10-7-6-9-5-4-8-2-1-3-8/h8-10H,1-7H2. The second-order valence-corrected chi connectivity index (χ2v) is 3.51. The topological polar surface area (TPSA) is 12.0 Å². The molecule has 1 aliphatic carbocycles. The summed E-state index contributed by atoms with van der Waals surface area (Å²) in [5, 5.41) is 3.36. The Balaban J connectivity index is 1.76. The largest absolute Gasteiger partial charge is 0.316 e. The Bertz CT molecular complexity index is 81.3. The van der Waals surface area contributed by atoms with Crippen molar-refractivity contribution in [2.75, 3.05) is 18.8 Å². The lowest BCUT2D eigenvalue weighted by molar-refractivity contribution is 0.293. The van der Waals surface area contributed by atoms with Gasteiger partial charge in [0.15, 0.2) is 0 Å². The molecular formula is C8H17NS. The molecule has 0 bridgehead atoms. The summed E-state index contributed by atoms with van der Waals surface area (Å²) in [6.45, 7) is 2.26. The molecule has 0 aromatic carbocycles. The quantitative estimate of drug-likeness (QED) is 0.459. The second kappa shape index (κ2) is 5.03. The summed E-state index contributed by atoms with van der Waals surface area (Å²) < 4.78 is 0. The van der Waals surface area contributed by atoms with E-state index in [0.29, 0.717) is 0 Å². The van der Waals surface area contributed by atoms with Crippen molar-refractivity contribution < 1.29 is 0 Å². The smallest absolute Gasteiger partial charge is 0.00397 e. The van der Waals surface area contributed by atoms with Crippen molar-refractivity contribution in [3.63, 3.8) is 0 Å². The van der Waals surface area contributed by atoms with Gasteiger partial charge in [0, 0.05) is 12.3 Å². The first-order valence-electron chi connectivity index (χ1n) is 4.25. The van der Waals surface area contributed by atoms with Crippen LogP contribution >= 0.6 is 12.6 Å². The molecule has 0 amide bonds. The molecule has 0 spiro atoms. The molecule has 10 heavy (non-hydrogen) atoms. The van der Waals surface area contributed by atoms with Crippen LogP contribution in [0.4, 0.5) is 0 Å². The molecule has 1 aliphatic rings. The summed E-state index contributed by atoms with van der Waals surface area (Å²) in [6.07, 6.45) is 5.80. The van der Waals surface area contributed by atoms with E-state index in [0.717, 1.165) is 18.2 Å². The average molecular weight is 159 g/mol. The van der Waals surface area contributed by atoms with E-state index in [4.69, 9.17) is 0 Å². The van der Waals surface area contributed by atoms with Crippen LogP contribution in [0.15, 0.2) is 0 Å². The van der Waals surface area contributed by atoms with Gasteiger partial charge in [-0.25, -0.2) is 0 Å². The summed E-state index contributed by atoms with van der Waals surface area (Å²) in [4.78, 5) is 0. The SMILES string of the molecule is SCCNCCC1CCC1. The third-order valence-corrected chi connectivity index (χ3v) is 2.47. The number of hydrogen-bond donors (Lipinski definition) is 2. The maximum Gasteiger partial charge on any atom is 0.00397 e. The Hall–Kier alpha value is 0.310. The summed E-state index contributed by atoms with van der Waals surface area (Å²) in [5.74, 6) is 2.01. The van der Waals surface area contributed by atoms with Gasteiger partial charge in [0.1, 0.15) is 0 Å². The van der Waals surface area contributed by atoms with Crippen LogP contribution in [0, 0.1) is 5.92 Å². The minimum absolute atomic E-state index is 0.963. The van der Waals surface area contributed by atoms with Gasteiger partial charge in [0.2, 0.25) is 0 Å². The van der Waals surface area contributed by atoms with Gasteiger partial charge in [-0.05, 0) is 18.9 Å². The third-order valence-electron chi connectivity index (χ3n) is 2.24. The molecule has 0 radical (unpaired) electrons. The van der Waals surface area contributed by atoms with Crippen molar-refractivity contribution in [2.45, 2.75) is 25.7 Å². The van der Waals surface area contributed by atoms with Crippen LogP contribution in [0.3, 0.4) is 0 Å². The molecular weight excluding hydrogens is 142 g/mol. The maximum absolute atomic E-state index is 4.12. The summed E-state index contributed by atoms with van der Waals surface area (Å²) >= 11 is 4.12. The fraction of sp³-hybridized carbons (Fsp3) is 1.00. The van der Waals surface area contributed by atoms with E-state index in [-0.39, 0.29) is 0 Å². The van der Waals surface area contributed by atoms with Crippen LogP contribution < -0.4 is 5.32 Å².